The molecule has 0 radical (unpaired) electrons. The fraction of sp³-hybridized carbons (Fsp3) is 0.263. The first kappa shape index (κ1) is 19.2. The number of esters is 1. The third-order valence-corrected chi connectivity index (χ3v) is 3.63. The molecule has 2 rings (SSSR count). The maximum atomic E-state index is 13.1. The lowest BCUT2D eigenvalue weighted by Crippen LogP contribution is -2.34. The number of halogens is 1. The van der Waals surface area contributed by atoms with Crippen molar-refractivity contribution in [2.45, 2.75) is 12.5 Å². The molecule has 0 saturated heterocycles. The number of amides is 1. The summed E-state index contributed by atoms with van der Waals surface area (Å²) in [6.45, 7) is -0.265. The van der Waals surface area contributed by atoms with Crippen LogP contribution in [0.1, 0.15) is 18.0 Å². The van der Waals surface area contributed by atoms with E-state index >= 15 is 0 Å². The molecule has 138 valence electrons. The van der Waals surface area contributed by atoms with Crippen LogP contribution in [0.2, 0.25) is 0 Å². The number of nitrogens with one attached hydrogen (secondary N) is 1. The van der Waals surface area contributed by atoms with Gasteiger partial charge in [0, 0.05) is 0 Å². The Morgan fingerprint density at radius 3 is 2.31 bits per heavy atom. The van der Waals surface area contributed by atoms with Gasteiger partial charge in [0.25, 0.3) is 5.91 Å². The van der Waals surface area contributed by atoms with Gasteiger partial charge in [0.1, 0.15) is 5.82 Å². The zero-order valence-corrected chi connectivity index (χ0v) is 14.5. The molecular formula is C19H20FNO5. The second-order valence-corrected chi connectivity index (χ2v) is 5.39. The lowest BCUT2D eigenvalue weighted by molar-refractivity contribution is -0.141. The van der Waals surface area contributed by atoms with Gasteiger partial charge < -0.3 is 19.5 Å². The minimum Gasteiger partial charge on any atom is -0.493 e. The molecule has 1 amide bonds. The van der Waals surface area contributed by atoms with Gasteiger partial charge in [-0.1, -0.05) is 24.3 Å². The van der Waals surface area contributed by atoms with E-state index in [1.807, 2.05) is 0 Å². The molecule has 2 aromatic rings. The average molecular weight is 361 g/mol. The largest absolute Gasteiger partial charge is 0.493 e. The van der Waals surface area contributed by atoms with Crippen molar-refractivity contribution in [2.75, 3.05) is 20.8 Å². The van der Waals surface area contributed by atoms with Crippen LogP contribution in [0.5, 0.6) is 11.5 Å². The standard InChI is InChI=1S/C19H20FNO5/c1-24-16-5-3-4-6-17(16)26-12-18(22)21-15(11-19(23)25-2)13-7-9-14(20)10-8-13/h3-10,15H,11-12H2,1-2H3,(H,21,22)/t15-/m1/s1. The summed E-state index contributed by atoms with van der Waals surface area (Å²) in [6.07, 6.45) is -0.0808. The number of hydrogen-bond acceptors (Lipinski definition) is 5. The van der Waals surface area contributed by atoms with Crippen LogP contribution in [0, 0.1) is 5.82 Å². The lowest BCUT2D eigenvalue weighted by atomic mass is 10.0. The van der Waals surface area contributed by atoms with Gasteiger partial charge in [-0.2, -0.15) is 0 Å². The van der Waals surface area contributed by atoms with Crippen molar-refractivity contribution >= 4 is 11.9 Å². The third kappa shape index (κ3) is 5.47. The van der Waals surface area contributed by atoms with Crippen LogP contribution in [-0.2, 0) is 14.3 Å². The highest BCUT2D eigenvalue weighted by Gasteiger charge is 2.19. The van der Waals surface area contributed by atoms with Gasteiger partial charge in [0.15, 0.2) is 18.1 Å². The minimum atomic E-state index is -0.656. The maximum absolute atomic E-state index is 13.1. The molecule has 0 fully saturated rings. The Morgan fingerprint density at radius 2 is 1.69 bits per heavy atom. The number of methoxy groups -OCH3 is 2. The summed E-state index contributed by atoms with van der Waals surface area (Å²) in [4.78, 5) is 23.8. The zero-order chi connectivity index (χ0) is 18.9. The van der Waals surface area contributed by atoms with E-state index in [0.717, 1.165) is 0 Å². The Morgan fingerprint density at radius 1 is 1.04 bits per heavy atom. The van der Waals surface area contributed by atoms with Crippen LogP contribution >= 0.6 is 0 Å². The molecule has 6 nitrogen and oxygen atoms in total. The summed E-state index contributed by atoms with van der Waals surface area (Å²) in [5.74, 6) is -0.405. The topological polar surface area (TPSA) is 73.9 Å². The molecule has 0 aliphatic carbocycles. The minimum absolute atomic E-state index is 0.0808. The average Bonchev–Trinajstić information content (AvgIpc) is 2.66. The maximum Gasteiger partial charge on any atom is 0.307 e. The van der Waals surface area contributed by atoms with Crippen LogP contribution in [0.3, 0.4) is 0 Å². The molecule has 2 aromatic carbocycles. The first-order chi connectivity index (χ1) is 12.5. The number of carbonyl (C=O) groups excluding carboxylic acids is 2. The molecule has 0 heterocycles. The van der Waals surface area contributed by atoms with Crippen molar-refractivity contribution in [3.8, 4) is 11.5 Å². The number of ether oxygens (including phenoxy) is 3. The van der Waals surface area contributed by atoms with Crippen molar-refractivity contribution in [3.05, 3.63) is 59.9 Å². The molecule has 1 atom stereocenters. The predicted molar refractivity (Wildman–Crippen MR) is 92.4 cm³/mol. The van der Waals surface area contributed by atoms with Gasteiger partial charge >= 0.3 is 5.97 Å². The van der Waals surface area contributed by atoms with Crippen molar-refractivity contribution < 1.29 is 28.2 Å². The zero-order valence-electron chi connectivity index (χ0n) is 14.5. The molecule has 0 aromatic heterocycles. The van der Waals surface area contributed by atoms with E-state index in [2.05, 4.69) is 10.1 Å². The normalized spacial score (nSPS) is 11.3. The second-order valence-electron chi connectivity index (χ2n) is 5.39. The van der Waals surface area contributed by atoms with E-state index in [4.69, 9.17) is 9.47 Å². The van der Waals surface area contributed by atoms with E-state index in [1.165, 1.54) is 38.5 Å². The number of para-hydroxylation sites is 2. The molecule has 26 heavy (non-hydrogen) atoms. The van der Waals surface area contributed by atoms with E-state index in [-0.39, 0.29) is 13.0 Å². The first-order valence-electron chi connectivity index (χ1n) is 7.91. The van der Waals surface area contributed by atoms with Crippen LogP contribution in [0.25, 0.3) is 0 Å². The third-order valence-electron chi connectivity index (χ3n) is 3.63. The van der Waals surface area contributed by atoms with Gasteiger partial charge in [0.2, 0.25) is 0 Å². The van der Waals surface area contributed by atoms with Crippen molar-refractivity contribution in [2.24, 2.45) is 0 Å². The highest BCUT2D eigenvalue weighted by atomic mass is 19.1. The van der Waals surface area contributed by atoms with Crippen LogP contribution in [0.4, 0.5) is 4.39 Å². The molecule has 0 spiro atoms. The van der Waals surface area contributed by atoms with E-state index < -0.39 is 23.7 Å². The Bertz CT molecular complexity index is 748. The molecule has 1 N–H and O–H groups in total. The Balaban J connectivity index is 2.03. The van der Waals surface area contributed by atoms with Gasteiger partial charge in [-0.15, -0.1) is 0 Å². The van der Waals surface area contributed by atoms with Gasteiger partial charge in [-0.3, -0.25) is 9.59 Å². The summed E-state index contributed by atoms with van der Waals surface area (Å²) in [7, 11) is 2.76. The summed E-state index contributed by atoms with van der Waals surface area (Å²) in [5, 5.41) is 2.70. The fourth-order valence-corrected chi connectivity index (χ4v) is 2.31. The number of rotatable bonds is 8. The lowest BCUT2D eigenvalue weighted by Gasteiger charge is -2.18. The summed E-state index contributed by atoms with van der Waals surface area (Å²) < 4.78 is 28.4. The molecule has 0 unspecified atom stereocenters. The summed E-state index contributed by atoms with van der Waals surface area (Å²) >= 11 is 0. The molecule has 0 aliphatic rings. The van der Waals surface area contributed by atoms with Crippen LogP contribution in [-0.4, -0.2) is 32.7 Å². The SMILES string of the molecule is COC(=O)C[C@@H](NC(=O)COc1ccccc1OC)c1ccc(F)cc1. The van der Waals surface area contributed by atoms with E-state index in [0.29, 0.717) is 17.1 Å². The van der Waals surface area contributed by atoms with Gasteiger partial charge in [-0.25, -0.2) is 4.39 Å². The Labute approximate surface area is 150 Å². The Kier molecular flexibility index (Phi) is 6.96. The van der Waals surface area contributed by atoms with Crippen molar-refractivity contribution in [1.82, 2.24) is 5.32 Å². The summed E-state index contributed by atoms with van der Waals surface area (Å²) in [5.41, 5.74) is 0.586. The molecule has 7 heteroatoms. The van der Waals surface area contributed by atoms with Crippen molar-refractivity contribution in [3.63, 3.8) is 0 Å². The number of benzene rings is 2. The second kappa shape index (κ2) is 9.41. The number of hydrogen-bond donors (Lipinski definition) is 1. The molecule has 0 aliphatic heterocycles. The highest BCUT2D eigenvalue weighted by Crippen LogP contribution is 2.25. The van der Waals surface area contributed by atoms with E-state index in [9.17, 15) is 14.0 Å². The molecular weight excluding hydrogens is 341 g/mol. The quantitative estimate of drug-likeness (QED) is 0.732. The van der Waals surface area contributed by atoms with Gasteiger partial charge in [0.05, 0.1) is 26.7 Å². The molecule has 0 bridgehead atoms. The first-order valence-corrected chi connectivity index (χ1v) is 7.91. The Hall–Kier alpha value is -3.09. The number of carbonyl (C=O) groups is 2. The van der Waals surface area contributed by atoms with Crippen LogP contribution < -0.4 is 14.8 Å². The highest BCUT2D eigenvalue weighted by molar-refractivity contribution is 5.79. The smallest absolute Gasteiger partial charge is 0.307 e. The monoisotopic (exact) mass is 361 g/mol. The van der Waals surface area contributed by atoms with Crippen molar-refractivity contribution in [1.29, 1.82) is 0 Å². The predicted octanol–water partition coefficient (Wildman–Crippen LogP) is 2.63. The molecule has 0 saturated carbocycles. The van der Waals surface area contributed by atoms with Gasteiger partial charge in [-0.05, 0) is 29.8 Å². The van der Waals surface area contributed by atoms with E-state index in [1.54, 1.807) is 24.3 Å². The summed E-state index contributed by atoms with van der Waals surface area (Å²) in [6, 6.07) is 11.8. The fourth-order valence-electron chi connectivity index (χ4n) is 2.31. The van der Waals surface area contributed by atoms with Crippen LogP contribution in [0.15, 0.2) is 48.5 Å².